The molecule has 0 fully saturated rings. The number of fused-ring (bicyclic) bond motifs is 1. The molecule has 1 unspecified atom stereocenters. The van der Waals surface area contributed by atoms with Crippen molar-refractivity contribution in [3.8, 4) is 23.0 Å². The molecular formula is C29H28N2O4. The minimum Gasteiger partial charge on any atom is -0.508 e. The summed E-state index contributed by atoms with van der Waals surface area (Å²) < 4.78 is 14.5. The number of aryl methyl sites for hydroxylation is 1. The number of rotatable bonds is 6. The maximum Gasteiger partial charge on any atom is 0.150 e. The number of aromatic nitrogens is 2. The number of phenolic OH excluding ortho intramolecular Hbond substituents is 2. The van der Waals surface area contributed by atoms with Gasteiger partial charge in [0.1, 0.15) is 35.7 Å². The van der Waals surface area contributed by atoms with Crippen LogP contribution in [-0.4, -0.2) is 26.4 Å². The van der Waals surface area contributed by atoms with Crippen molar-refractivity contribution >= 4 is 11.1 Å². The van der Waals surface area contributed by atoms with Gasteiger partial charge in [0.15, 0.2) is 0 Å². The molecule has 2 atom stereocenters. The first-order valence-corrected chi connectivity index (χ1v) is 11.6. The van der Waals surface area contributed by atoms with Crippen LogP contribution in [0, 0.1) is 6.92 Å². The minimum atomic E-state index is -0.379. The second-order valence-electron chi connectivity index (χ2n) is 8.96. The van der Waals surface area contributed by atoms with Gasteiger partial charge in [0.25, 0.3) is 0 Å². The second kappa shape index (κ2) is 9.22. The first-order chi connectivity index (χ1) is 16.9. The van der Waals surface area contributed by atoms with Crippen molar-refractivity contribution < 1.29 is 19.7 Å². The van der Waals surface area contributed by atoms with Gasteiger partial charge in [0.2, 0.25) is 0 Å². The van der Waals surface area contributed by atoms with Crippen molar-refractivity contribution in [2.45, 2.75) is 32.9 Å². The molecule has 0 spiro atoms. The van der Waals surface area contributed by atoms with Gasteiger partial charge < -0.3 is 24.3 Å². The van der Waals surface area contributed by atoms with Crippen LogP contribution in [0.4, 0.5) is 0 Å². The van der Waals surface area contributed by atoms with Crippen molar-refractivity contribution in [2.24, 2.45) is 0 Å². The van der Waals surface area contributed by atoms with Crippen molar-refractivity contribution in [1.29, 1.82) is 0 Å². The highest BCUT2D eigenvalue weighted by atomic mass is 16.5. The maximum absolute atomic E-state index is 10.1. The molecule has 35 heavy (non-hydrogen) atoms. The van der Waals surface area contributed by atoms with Gasteiger partial charge >= 0.3 is 0 Å². The van der Waals surface area contributed by atoms with E-state index >= 15 is 0 Å². The Morgan fingerprint density at radius 3 is 2.49 bits per heavy atom. The summed E-state index contributed by atoms with van der Waals surface area (Å²) in [7, 11) is 0. The summed E-state index contributed by atoms with van der Waals surface area (Å²) in [6.07, 6.45) is 3.45. The molecule has 0 bridgehead atoms. The second-order valence-corrected chi connectivity index (χ2v) is 8.96. The van der Waals surface area contributed by atoms with E-state index < -0.39 is 0 Å². The molecule has 6 nitrogen and oxygen atoms in total. The van der Waals surface area contributed by atoms with E-state index in [0.29, 0.717) is 12.4 Å². The maximum atomic E-state index is 10.1. The molecule has 1 aliphatic heterocycles. The lowest BCUT2D eigenvalue weighted by molar-refractivity contribution is 0.255. The summed E-state index contributed by atoms with van der Waals surface area (Å²) in [5.74, 6) is 1.85. The van der Waals surface area contributed by atoms with E-state index in [0.717, 1.165) is 39.3 Å². The fourth-order valence-corrected chi connectivity index (χ4v) is 4.44. The predicted octanol–water partition coefficient (Wildman–Crippen LogP) is 6.31. The van der Waals surface area contributed by atoms with E-state index in [2.05, 4.69) is 11.9 Å². The lowest BCUT2D eigenvalue weighted by atomic mass is 9.86. The lowest BCUT2D eigenvalue weighted by Crippen LogP contribution is -2.16. The quantitative estimate of drug-likeness (QED) is 0.347. The summed E-state index contributed by atoms with van der Waals surface area (Å²) in [5, 5.41) is 20.2. The summed E-state index contributed by atoms with van der Waals surface area (Å²) >= 11 is 0. The topological polar surface area (TPSA) is 76.7 Å². The molecule has 5 rings (SSSR count). The molecule has 3 aromatic carbocycles. The molecule has 1 aliphatic rings. The third-order valence-electron chi connectivity index (χ3n) is 6.35. The predicted molar refractivity (Wildman–Crippen MR) is 136 cm³/mol. The van der Waals surface area contributed by atoms with Crippen molar-refractivity contribution in [1.82, 2.24) is 9.55 Å². The van der Waals surface area contributed by atoms with Crippen molar-refractivity contribution in [2.75, 3.05) is 6.61 Å². The highest BCUT2D eigenvalue weighted by molar-refractivity contribution is 5.95. The Kier molecular flexibility index (Phi) is 5.95. The SMILES string of the molecule is CC1=C(c2cccc(O)c2)C(c2ccc(OC[C@H](C)n3cnc(C)c3)cc2)Oc2ccc(O)cc21. The molecule has 0 aliphatic carbocycles. The van der Waals surface area contributed by atoms with Crippen LogP contribution < -0.4 is 9.47 Å². The fraction of sp³-hybridized carbons (Fsp3) is 0.207. The molecule has 0 radical (unpaired) electrons. The van der Waals surface area contributed by atoms with Crippen LogP contribution in [0.2, 0.25) is 0 Å². The van der Waals surface area contributed by atoms with Gasteiger partial charge in [-0.1, -0.05) is 24.3 Å². The standard InChI is InChI=1S/C29H28N2O4/c1-18-15-31(17-30-18)19(2)16-34-25-10-7-21(8-11-25)29-28(22-5-4-6-23(32)13-22)20(3)26-14-24(33)9-12-27(26)35-29/h4-15,17,19,29,32-33H,16H2,1-3H3/t19-,29?/m0/s1. The van der Waals surface area contributed by atoms with Crippen LogP contribution in [0.25, 0.3) is 11.1 Å². The Morgan fingerprint density at radius 1 is 1.00 bits per heavy atom. The molecule has 2 N–H and O–H groups in total. The molecule has 0 saturated carbocycles. The number of aromatic hydroxyl groups is 2. The number of ether oxygens (including phenoxy) is 2. The van der Waals surface area contributed by atoms with Gasteiger partial charge in [-0.15, -0.1) is 0 Å². The Balaban J connectivity index is 1.43. The molecule has 0 saturated heterocycles. The summed E-state index contributed by atoms with van der Waals surface area (Å²) in [6.45, 7) is 6.61. The molecule has 2 heterocycles. The molecule has 0 amide bonds. The summed E-state index contributed by atoms with van der Waals surface area (Å²) in [4.78, 5) is 4.28. The molecule has 178 valence electrons. The average molecular weight is 469 g/mol. The molecule has 1 aromatic heterocycles. The number of imidazole rings is 1. The van der Waals surface area contributed by atoms with E-state index in [1.165, 1.54) is 0 Å². The Hall–Kier alpha value is -4.19. The fourth-order valence-electron chi connectivity index (χ4n) is 4.44. The van der Waals surface area contributed by atoms with Gasteiger partial charge in [0, 0.05) is 17.3 Å². The van der Waals surface area contributed by atoms with Crippen LogP contribution >= 0.6 is 0 Å². The average Bonchev–Trinajstić information content (AvgIpc) is 3.29. The third-order valence-corrected chi connectivity index (χ3v) is 6.35. The van der Waals surface area contributed by atoms with E-state index in [1.807, 2.05) is 67.3 Å². The zero-order valence-electron chi connectivity index (χ0n) is 20.0. The number of phenols is 2. The van der Waals surface area contributed by atoms with Crippen LogP contribution in [-0.2, 0) is 0 Å². The lowest BCUT2D eigenvalue weighted by Gasteiger charge is -2.31. The van der Waals surface area contributed by atoms with E-state index in [4.69, 9.17) is 9.47 Å². The largest absolute Gasteiger partial charge is 0.508 e. The smallest absolute Gasteiger partial charge is 0.150 e. The number of benzene rings is 3. The van der Waals surface area contributed by atoms with Gasteiger partial charge in [-0.2, -0.15) is 0 Å². The Morgan fingerprint density at radius 2 is 1.77 bits per heavy atom. The van der Waals surface area contributed by atoms with Crippen molar-refractivity contribution in [3.63, 3.8) is 0 Å². The highest BCUT2D eigenvalue weighted by Crippen LogP contribution is 2.47. The van der Waals surface area contributed by atoms with Gasteiger partial charge in [-0.25, -0.2) is 4.98 Å². The van der Waals surface area contributed by atoms with Gasteiger partial charge in [-0.05, 0) is 79.9 Å². The minimum absolute atomic E-state index is 0.161. The number of hydrogen-bond donors (Lipinski definition) is 2. The van der Waals surface area contributed by atoms with Gasteiger partial charge in [0.05, 0.1) is 18.1 Å². The molecule has 6 heteroatoms. The van der Waals surface area contributed by atoms with E-state index in [-0.39, 0.29) is 23.6 Å². The monoisotopic (exact) mass is 468 g/mol. The molecular weight excluding hydrogens is 440 g/mol. The molecule has 4 aromatic rings. The summed E-state index contributed by atoms with van der Waals surface area (Å²) in [6, 6.07) is 20.4. The van der Waals surface area contributed by atoms with Crippen LogP contribution in [0.5, 0.6) is 23.0 Å². The zero-order valence-corrected chi connectivity index (χ0v) is 20.0. The third kappa shape index (κ3) is 4.60. The highest BCUT2D eigenvalue weighted by Gasteiger charge is 2.29. The van der Waals surface area contributed by atoms with Crippen molar-refractivity contribution in [3.05, 3.63) is 102 Å². The first-order valence-electron chi connectivity index (χ1n) is 11.6. The van der Waals surface area contributed by atoms with Gasteiger partial charge in [-0.3, -0.25) is 0 Å². The number of nitrogens with zero attached hydrogens (tertiary/aromatic N) is 2. The number of hydrogen-bond acceptors (Lipinski definition) is 5. The van der Waals surface area contributed by atoms with Crippen LogP contribution in [0.3, 0.4) is 0 Å². The van der Waals surface area contributed by atoms with E-state index in [1.54, 1.807) is 30.3 Å². The van der Waals surface area contributed by atoms with Crippen LogP contribution in [0.15, 0.2) is 79.3 Å². The number of allylic oxidation sites excluding steroid dienone is 1. The Bertz CT molecular complexity index is 1390. The van der Waals surface area contributed by atoms with E-state index in [9.17, 15) is 10.2 Å². The normalized spacial score (nSPS) is 15.9. The summed E-state index contributed by atoms with van der Waals surface area (Å²) in [5.41, 5.74) is 5.58. The Labute approximate surface area is 204 Å². The first kappa shape index (κ1) is 22.6. The van der Waals surface area contributed by atoms with Crippen LogP contribution in [0.1, 0.15) is 48.4 Å². The zero-order chi connectivity index (χ0) is 24.5.